The van der Waals surface area contributed by atoms with Crippen LogP contribution in [-0.2, 0) is 10.3 Å². The maximum atomic E-state index is 11.8. The molecule has 1 saturated carbocycles. The first kappa shape index (κ1) is 9.64. The number of esters is 1. The molecule has 1 fully saturated rings. The highest BCUT2D eigenvalue weighted by molar-refractivity contribution is 5.95. The highest BCUT2D eigenvalue weighted by atomic mass is 16.6. The van der Waals surface area contributed by atoms with Crippen LogP contribution >= 0.6 is 0 Å². The van der Waals surface area contributed by atoms with Gasteiger partial charge in [0.1, 0.15) is 5.60 Å². The van der Waals surface area contributed by atoms with E-state index in [0.717, 1.165) is 17.6 Å². The summed E-state index contributed by atoms with van der Waals surface area (Å²) in [5, 5.41) is 0. The lowest BCUT2D eigenvalue weighted by Gasteiger charge is -2.18. The third-order valence-electron chi connectivity index (χ3n) is 4.16. The number of ether oxygens (including phenoxy) is 1. The number of hydrogen-bond acceptors (Lipinski definition) is 2. The third-order valence-corrected chi connectivity index (χ3v) is 4.16. The zero-order chi connectivity index (χ0) is 11.6. The van der Waals surface area contributed by atoms with Gasteiger partial charge in [-0.1, -0.05) is 37.3 Å². The van der Waals surface area contributed by atoms with Gasteiger partial charge in [-0.15, -0.1) is 0 Å². The summed E-state index contributed by atoms with van der Waals surface area (Å²) in [5.74, 6) is -0.194. The maximum absolute atomic E-state index is 11.8. The molecule has 3 rings (SSSR count). The standard InChI is InChI=1S/C14H14O2/c1-9(2)13(3)8-14(13)11-7-5-4-6-10(11)12(15)16-14/h4-7H,1,8H2,2-3H3. The fourth-order valence-corrected chi connectivity index (χ4v) is 2.77. The van der Waals surface area contributed by atoms with E-state index in [1.807, 2.05) is 31.2 Å². The molecule has 16 heavy (non-hydrogen) atoms. The van der Waals surface area contributed by atoms with Gasteiger partial charge in [-0.3, -0.25) is 0 Å². The van der Waals surface area contributed by atoms with Crippen molar-refractivity contribution in [3.05, 3.63) is 47.5 Å². The fraction of sp³-hybridized carbons (Fsp3) is 0.357. The van der Waals surface area contributed by atoms with Gasteiger partial charge in [0.25, 0.3) is 0 Å². The highest BCUT2D eigenvalue weighted by Crippen LogP contribution is 2.71. The first-order chi connectivity index (χ1) is 7.51. The van der Waals surface area contributed by atoms with Crippen LogP contribution in [0.4, 0.5) is 0 Å². The van der Waals surface area contributed by atoms with Crippen LogP contribution in [0.3, 0.4) is 0 Å². The molecule has 0 amide bonds. The number of rotatable bonds is 1. The molecule has 0 radical (unpaired) electrons. The van der Waals surface area contributed by atoms with Crippen LogP contribution < -0.4 is 0 Å². The molecule has 2 nitrogen and oxygen atoms in total. The SMILES string of the molecule is C=C(C)C1(C)CC12OC(=O)c1ccccc12. The van der Waals surface area contributed by atoms with E-state index in [0.29, 0.717) is 5.56 Å². The Kier molecular flexibility index (Phi) is 1.55. The minimum absolute atomic E-state index is 0.0880. The van der Waals surface area contributed by atoms with Crippen LogP contribution in [0.15, 0.2) is 36.4 Å². The van der Waals surface area contributed by atoms with Crippen molar-refractivity contribution in [2.75, 3.05) is 0 Å². The molecule has 1 aromatic carbocycles. The molecule has 1 aliphatic carbocycles. The van der Waals surface area contributed by atoms with Gasteiger partial charge in [-0.2, -0.15) is 0 Å². The number of fused-ring (bicyclic) bond motifs is 2. The van der Waals surface area contributed by atoms with Gasteiger partial charge in [0.15, 0.2) is 0 Å². The zero-order valence-electron chi connectivity index (χ0n) is 9.54. The average molecular weight is 214 g/mol. The molecule has 1 aliphatic heterocycles. The van der Waals surface area contributed by atoms with Crippen LogP contribution in [0.25, 0.3) is 0 Å². The smallest absolute Gasteiger partial charge is 0.339 e. The van der Waals surface area contributed by atoms with E-state index >= 15 is 0 Å². The minimum Gasteiger partial charge on any atom is -0.450 e. The zero-order valence-corrected chi connectivity index (χ0v) is 9.54. The Labute approximate surface area is 94.9 Å². The van der Waals surface area contributed by atoms with Gasteiger partial charge in [-0.25, -0.2) is 4.79 Å². The summed E-state index contributed by atoms with van der Waals surface area (Å²) in [4.78, 5) is 11.8. The molecule has 2 unspecified atom stereocenters. The highest BCUT2D eigenvalue weighted by Gasteiger charge is 2.72. The van der Waals surface area contributed by atoms with E-state index in [1.165, 1.54) is 0 Å². The van der Waals surface area contributed by atoms with Gasteiger partial charge in [0.05, 0.1) is 5.56 Å². The average Bonchev–Trinajstić information content (AvgIpc) is 2.75. The van der Waals surface area contributed by atoms with Crippen molar-refractivity contribution < 1.29 is 9.53 Å². The lowest BCUT2D eigenvalue weighted by Crippen LogP contribution is -2.16. The summed E-state index contributed by atoms with van der Waals surface area (Å²) in [5.41, 5.74) is 2.32. The normalized spacial score (nSPS) is 34.8. The molecule has 82 valence electrons. The molecule has 0 saturated heterocycles. The van der Waals surface area contributed by atoms with Crippen molar-refractivity contribution in [1.29, 1.82) is 0 Å². The van der Waals surface area contributed by atoms with E-state index in [2.05, 4.69) is 13.5 Å². The van der Waals surface area contributed by atoms with Crippen LogP contribution in [0.5, 0.6) is 0 Å². The molecule has 2 atom stereocenters. The predicted molar refractivity (Wildman–Crippen MR) is 61.1 cm³/mol. The Morgan fingerprint density at radius 2 is 2.12 bits per heavy atom. The fourth-order valence-electron chi connectivity index (χ4n) is 2.77. The Hall–Kier alpha value is -1.57. The van der Waals surface area contributed by atoms with Crippen molar-refractivity contribution in [3.8, 4) is 0 Å². The Bertz CT molecular complexity index is 517. The van der Waals surface area contributed by atoms with E-state index in [1.54, 1.807) is 0 Å². The summed E-state index contributed by atoms with van der Waals surface area (Å²) >= 11 is 0. The Balaban J connectivity index is 2.17. The van der Waals surface area contributed by atoms with Crippen LogP contribution in [0, 0.1) is 5.41 Å². The second-order valence-electron chi connectivity index (χ2n) is 5.05. The summed E-state index contributed by atoms with van der Waals surface area (Å²) in [7, 11) is 0. The second kappa shape index (κ2) is 2.57. The van der Waals surface area contributed by atoms with Crippen molar-refractivity contribution in [3.63, 3.8) is 0 Å². The number of hydrogen-bond donors (Lipinski definition) is 0. The van der Waals surface area contributed by atoms with Crippen molar-refractivity contribution in [2.24, 2.45) is 5.41 Å². The van der Waals surface area contributed by atoms with Crippen molar-refractivity contribution in [1.82, 2.24) is 0 Å². The summed E-state index contributed by atoms with van der Waals surface area (Å²) < 4.78 is 5.61. The molecule has 2 aliphatic rings. The largest absolute Gasteiger partial charge is 0.450 e. The van der Waals surface area contributed by atoms with Crippen LogP contribution in [0.1, 0.15) is 36.2 Å². The Morgan fingerprint density at radius 1 is 1.44 bits per heavy atom. The summed E-state index contributed by atoms with van der Waals surface area (Å²) in [6.07, 6.45) is 0.859. The van der Waals surface area contributed by atoms with Gasteiger partial charge >= 0.3 is 5.97 Å². The number of carbonyl (C=O) groups is 1. The van der Waals surface area contributed by atoms with Gasteiger partial charge < -0.3 is 4.74 Å². The van der Waals surface area contributed by atoms with E-state index in [9.17, 15) is 4.79 Å². The number of benzene rings is 1. The lowest BCUT2D eigenvalue weighted by molar-refractivity contribution is 0.0224. The molecule has 0 bridgehead atoms. The quantitative estimate of drug-likeness (QED) is 0.530. The molecular formula is C14H14O2. The summed E-state index contributed by atoms with van der Waals surface area (Å²) in [6, 6.07) is 7.66. The minimum atomic E-state index is -0.424. The van der Waals surface area contributed by atoms with Gasteiger partial charge in [-0.05, 0) is 13.0 Å². The predicted octanol–water partition coefficient (Wildman–Crippen LogP) is 3.04. The van der Waals surface area contributed by atoms with Gasteiger partial charge in [0.2, 0.25) is 0 Å². The first-order valence-electron chi connectivity index (χ1n) is 5.50. The Morgan fingerprint density at radius 3 is 2.75 bits per heavy atom. The molecule has 1 aromatic rings. The van der Waals surface area contributed by atoms with Crippen LogP contribution in [-0.4, -0.2) is 5.97 Å². The van der Waals surface area contributed by atoms with E-state index < -0.39 is 5.60 Å². The summed E-state index contributed by atoms with van der Waals surface area (Å²) in [6.45, 7) is 8.13. The van der Waals surface area contributed by atoms with Crippen molar-refractivity contribution >= 4 is 5.97 Å². The molecule has 0 N–H and O–H groups in total. The first-order valence-corrected chi connectivity index (χ1v) is 5.50. The topological polar surface area (TPSA) is 26.3 Å². The molecule has 1 heterocycles. The molecule has 2 heteroatoms. The van der Waals surface area contributed by atoms with Gasteiger partial charge in [0, 0.05) is 17.4 Å². The van der Waals surface area contributed by atoms with Crippen LogP contribution in [0.2, 0.25) is 0 Å². The van der Waals surface area contributed by atoms with Crippen molar-refractivity contribution in [2.45, 2.75) is 25.9 Å². The lowest BCUT2D eigenvalue weighted by atomic mass is 9.91. The maximum Gasteiger partial charge on any atom is 0.339 e. The number of carbonyl (C=O) groups excluding carboxylic acids is 1. The third kappa shape index (κ3) is 0.861. The monoisotopic (exact) mass is 214 g/mol. The second-order valence-corrected chi connectivity index (χ2v) is 5.05. The molecular weight excluding hydrogens is 200 g/mol. The van der Waals surface area contributed by atoms with E-state index in [4.69, 9.17) is 4.74 Å². The molecule has 0 aromatic heterocycles. The van der Waals surface area contributed by atoms with E-state index in [-0.39, 0.29) is 11.4 Å². The molecule has 1 spiro atoms.